The van der Waals surface area contributed by atoms with E-state index in [1.54, 1.807) is 6.07 Å². The Hall–Kier alpha value is -1.62. The number of hydrogen-bond acceptors (Lipinski definition) is 4. The Labute approximate surface area is 125 Å². The van der Waals surface area contributed by atoms with Gasteiger partial charge in [-0.3, -0.25) is 10.1 Å². The molecule has 0 aromatic heterocycles. The molecular weight excluding hydrogens is 268 g/mol. The van der Waals surface area contributed by atoms with Gasteiger partial charge in [-0.1, -0.05) is 26.2 Å². The first kappa shape index (κ1) is 15.8. The number of nitrogens with zero attached hydrogens (tertiary/aromatic N) is 1. The predicted octanol–water partition coefficient (Wildman–Crippen LogP) is 3.44. The van der Waals surface area contributed by atoms with Gasteiger partial charge in [0.1, 0.15) is 5.75 Å². The summed E-state index contributed by atoms with van der Waals surface area (Å²) in [4.78, 5) is 10.6. The number of nitro benzene ring substituents is 1. The Kier molecular flexibility index (Phi) is 4.83. The van der Waals surface area contributed by atoms with E-state index >= 15 is 0 Å². The summed E-state index contributed by atoms with van der Waals surface area (Å²) in [5, 5.41) is 11.0. The van der Waals surface area contributed by atoms with Crippen molar-refractivity contribution in [2.75, 3.05) is 7.11 Å². The molecule has 1 fully saturated rings. The van der Waals surface area contributed by atoms with Gasteiger partial charge in [0, 0.05) is 11.6 Å². The fourth-order valence-corrected chi connectivity index (χ4v) is 3.41. The van der Waals surface area contributed by atoms with E-state index in [-0.39, 0.29) is 16.1 Å². The minimum Gasteiger partial charge on any atom is -0.496 e. The van der Waals surface area contributed by atoms with Crippen molar-refractivity contribution in [3.63, 3.8) is 0 Å². The Morgan fingerprint density at radius 1 is 1.48 bits per heavy atom. The lowest BCUT2D eigenvalue weighted by Crippen LogP contribution is -2.46. The summed E-state index contributed by atoms with van der Waals surface area (Å²) in [6.07, 6.45) is 6.18. The van der Waals surface area contributed by atoms with Crippen LogP contribution in [0.4, 0.5) is 5.69 Å². The zero-order valence-electron chi connectivity index (χ0n) is 12.8. The molecule has 1 aliphatic carbocycles. The smallest absolute Gasteiger partial charge is 0.273 e. The van der Waals surface area contributed by atoms with Gasteiger partial charge in [-0.15, -0.1) is 0 Å². The first-order valence-electron chi connectivity index (χ1n) is 7.57. The zero-order valence-corrected chi connectivity index (χ0v) is 12.8. The Morgan fingerprint density at radius 2 is 2.24 bits per heavy atom. The Bertz CT molecular complexity index is 518. The van der Waals surface area contributed by atoms with Crippen LogP contribution in [0.1, 0.15) is 44.6 Å². The average molecular weight is 292 g/mol. The van der Waals surface area contributed by atoms with Gasteiger partial charge in [0.2, 0.25) is 0 Å². The fourth-order valence-electron chi connectivity index (χ4n) is 3.41. The van der Waals surface area contributed by atoms with Gasteiger partial charge >= 0.3 is 0 Å². The molecule has 116 valence electrons. The summed E-state index contributed by atoms with van der Waals surface area (Å²) in [6.45, 7) is 2.20. The molecule has 2 rings (SSSR count). The standard InChI is InChI=1S/C16H24N2O3/c1-3-12-5-4-6-16(17,10-12)11-13-7-14(18(19)20)9-15(8-13)21-2/h7-9,12H,3-6,10-11,17H2,1-2H3. The Morgan fingerprint density at radius 3 is 2.86 bits per heavy atom. The summed E-state index contributed by atoms with van der Waals surface area (Å²) in [7, 11) is 1.52. The van der Waals surface area contributed by atoms with Crippen LogP contribution in [0, 0.1) is 16.0 Å². The highest BCUT2D eigenvalue weighted by atomic mass is 16.6. The van der Waals surface area contributed by atoms with E-state index in [2.05, 4.69) is 6.92 Å². The lowest BCUT2D eigenvalue weighted by atomic mass is 9.72. The van der Waals surface area contributed by atoms with E-state index < -0.39 is 0 Å². The molecule has 5 heteroatoms. The van der Waals surface area contributed by atoms with Crippen molar-refractivity contribution in [2.45, 2.75) is 51.0 Å². The van der Waals surface area contributed by atoms with Crippen molar-refractivity contribution in [3.05, 3.63) is 33.9 Å². The molecule has 5 nitrogen and oxygen atoms in total. The normalized spacial score (nSPS) is 25.6. The second-order valence-corrected chi connectivity index (χ2v) is 6.21. The molecule has 0 aliphatic heterocycles. The highest BCUT2D eigenvalue weighted by Crippen LogP contribution is 2.35. The molecule has 21 heavy (non-hydrogen) atoms. The minimum atomic E-state index is -0.384. The third-order valence-electron chi connectivity index (χ3n) is 4.51. The van der Waals surface area contributed by atoms with Crippen LogP contribution in [0.15, 0.2) is 18.2 Å². The first-order valence-corrected chi connectivity index (χ1v) is 7.57. The van der Waals surface area contributed by atoms with Gasteiger partial charge in [0.25, 0.3) is 5.69 Å². The van der Waals surface area contributed by atoms with E-state index in [9.17, 15) is 10.1 Å². The van der Waals surface area contributed by atoms with Crippen LogP contribution in [0.2, 0.25) is 0 Å². The van der Waals surface area contributed by atoms with Gasteiger partial charge in [0.05, 0.1) is 18.1 Å². The monoisotopic (exact) mass is 292 g/mol. The number of non-ortho nitro benzene ring substituents is 1. The Balaban J connectivity index is 2.21. The molecule has 0 radical (unpaired) electrons. The molecule has 0 amide bonds. The van der Waals surface area contributed by atoms with Gasteiger partial charge in [-0.2, -0.15) is 0 Å². The van der Waals surface area contributed by atoms with Crippen LogP contribution < -0.4 is 10.5 Å². The average Bonchev–Trinajstić information content (AvgIpc) is 2.46. The predicted molar refractivity (Wildman–Crippen MR) is 82.5 cm³/mol. The third-order valence-corrected chi connectivity index (χ3v) is 4.51. The van der Waals surface area contributed by atoms with Crippen molar-refractivity contribution >= 4 is 5.69 Å². The summed E-state index contributed by atoms with van der Waals surface area (Å²) >= 11 is 0. The number of hydrogen-bond donors (Lipinski definition) is 1. The molecule has 0 spiro atoms. The third kappa shape index (κ3) is 3.94. The number of rotatable bonds is 5. The summed E-state index contributed by atoms with van der Waals surface area (Å²) in [5.41, 5.74) is 7.27. The molecule has 2 N–H and O–H groups in total. The molecule has 1 aromatic rings. The number of ether oxygens (including phenoxy) is 1. The van der Waals surface area contributed by atoms with Crippen molar-refractivity contribution in [1.29, 1.82) is 0 Å². The molecule has 0 saturated heterocycles. The second kappa shape index (κ2) is 6.43. The highest BCUT2D eigenvalue weighted by molar-refractivity contribution is 5.43. The number of nitro groups is 1. The van der Waals surface area contributed by atoms with Crippen molar-refractivity contribution in [1.82, 2.24) is 0 Å². The molecule has 1 saturated carbocycles. The number of nitrogens with two attached hydrogens (primary N) is 1. The van der Waals surface area contributed by atoms with Crippen LogP contribution >= 0.6 is 0 Å². The largest absolute Gasteiger partial charge is 0.496 e. The zero-order chi connectivity index (χ0) is 15.5. The highest BCUT2D eigenvalue weighted by Gasteiger charge is 2.32. The maximum Gasteiger partial charge on any atom is 0.273 e. The van der Waals surface area contributed by atoms with Gasteiger partial charge in [-0.05, 0) is 36.8 Å². The minimum absolute atomic E-state index is 0.0656. The molecule has 1 aromatic carbocycles. The van der Waals surface area contributed by atoms with Crippen molar-refractivity contribution in [2.24, 2.45) is 11.7 Å². The SMILES string of the molecule is CCC1CCCC(N)(Cc2cc(OC)cc([N+](=O)[O-])c2)C1. The molecular formula is C16H24N2O3. The molecule has 2 unspecified atom stereocenters. The van der Waals surface area contributed by atoms with E-state index in [1.807, 2.05) is 6.07 Å². The second-order valence-electron chi connectivity index (χ2n) is 6.21. The van der Waals surface area contributed by atoms with Gasteiger partial charge < -0.3 is 10.5 Å². The molecule has 0 bridgehead atoms. The van der Waals surface area contributed by atoms with Gasteiger partial charge in [0.15, 0.2) is 0 Å². The lowest BCUT2D eigenvalue weighted by Gasteiger charge is -2.38. The van der Waals surface area contributed by atoms with Gasteiger partial charge in [-0.25, -0.2) is 0 Å². The van der Waals surface area contributed by atoms with E-state index in [1.165, 1.54) is 19.6 Å². The van der Waals surface area contributed by atoms with E-state index in [0.717, 1.165) is 31.2 Å². The van der Waals surface area contributed by atoms with Crippen LogP contribution in [0.3, 0.4) is 0 Å². The molecule has 2 atom stereocenters. The summed E-state index contributed by atoms with van der Waals surface area (Å²) < 4.78 is 5.16. The van der Waals surface area contributed by atoms with Crippen LogP contribution in [0.5, 0.6) is 5.75 Å². The number of methoxy groups -OCH3 is 1. The molecule has 1 aliphatic rings. The lowest BCUT2D eigenvalue weighted by molar-refractivity contribution is -0.385. The summed E-state index contributed by atoms with van der Waals surface area (Å²) in [6, 6.07) is 4.92. The van der Waals surface area contributed by atoms with Crippen molar-refractivity contribution < 1.29 is 9.66 Å². The first-order chi connectivity index (χ1) is 9.95. The maximum absolute atomic E-state index is 11.0. The maximum atomic E-state index is 11.0. The molecule has 0 heterocycles. The van der Waals surface area contributed by atoms with Crippen LogP contribution in [-0.4, -0.2) is 17.6 Å². The van der Waals surface area contributed by atoms with Crippen molar-refractivity contribution in [3.8, 4) is 5.75 Å². The summed E-state index contributed by atoms with van der Waals surface area (Å²) in [5.74, 6) is 1.19. The van der Waals surface area contributed by atoms with Crippen LogP contribution in [-0.2, 0) is 6.42 Å². The topological polar surface area (TPSA) is 78.4 Å². The quantitative estimate of drug-likeness (QED) is 0.666. The fraction of sp³-hybridized carbons (Fsp3) is 0.625. The van der Waals surface area contributed by atoms with Crippen LogP contribution in [0.25, 0.3) is 0 Å². The van der Waals surface area contributed by atoms with E-state index in [4.69, 9.17) is 10.5 Å². The number of benzene rings is 1. The van der Waals surface area contributed by atoms with E-state index in [0.29, 0.717) is 18.1 Å².